The Morgan fingerprint density at radius 3 is 2.57 bits per heavy atom. The van der Waals surface area contributed by atoms with Crippen molar-refractivity contribution in [3.05, 3.63) is 35.4 Å². The highest BCUT2D eigenvalue weighted by Crippen LogP contribution is 2.64. The van der Waals surface area contributed by atoms with Crippen LogP contribution in [-0.4, -0.2) is 24.0 Å². The van der Waals surface area contributed by atoms with Crippen LogP contribution in [0.25, 0.3) is 0 Å². The van der Waals surface area contributed by atoms with Gasteiger partial charge in [-0.05, 0) is 79.0 Å². The standard InChI is InChI=1S/C20H27N/c1-20(2)12-16-14-7-4-3-6-13(14)15-9-11-21-10-5-8-17(20)19(21)18(15)16/h3-4,6-7,15-19H,5,8-12H2,1-2H3. The summed E-state index contributed by atoms with van der Waals surface area (Å²) in [7, 11) is 0. The first kappa shape index (κ1) is 12.7. The minimum absolute atomic E-state index is 0.518. The van der Waals surface area contributed by atoms with Crippen LogP contribution in [0.4, 0.5) is 0 Å². The van der Waals surface area contributed by atoms with E-state index in [1.807, 2.05) is 0 Å². The molecule has 5 atom stereocenters. The first-order valence-corrected chi connectivity index (χ1v) is 9.00. The summed E-state index contributed by atoms with van der Waals surface area (Å²) in [5.74, 6) is 3.56. The molecule has 5 unspecified atom stereocenters. The number of piperidine rings is 2. The zero-order valence-electron chi connectivity index (χ0n) is 13.4. The predicted octanol–water partition coefficient (Wildman–Crippen LogP) is 4.40. The van der Waals surface area contributed by atoms with E-state index in [-0.39, 0.29) is 0 Å². The fraction of sp³-hybridized carbons (Fsp3) is 0.700. The molecule has 1 heteroatoms. The molecule has 2 saturated heterocycles. The van der Waals surface area contributed by atoms with Crippen LogP contribution < -0.4 is 0 Å². The summed E-state index contributed by atoms with van der Waals surface area (Å²) in [6.07, 6.45) is 5.72. The third kappa shape index (κ3) is 1.56. The molecule has 0 aromatic heterocycles. The molecule has 5 rings (SSSR count). The van der Waals surface area contributed by atoms with Crippen LogP contribution in [0.1, 0.15) is 62.5 Å². The largest absolute Gasteiger partial charge is 0.300 e. The Bertz CT molecular complexity index is 575. The lowest BCUT2D eigenvalue weighted by Gasteiger charge is -2.59. The zero-order chi connectivity index (χ0) is 14.2. The molecule has 4 aliphatic rings. The van der Waals surface area contributed by atoms with E-state index in [1.54, 1.807) is 11.1 Å². The molecule has 1 aromatic rings. The average molecular weight is 281 g/mol. The molecule has 1 saturated carbocycles. The Labute approximate surface area is 128 Å². The van der Waals surface area contributed by atoms with Gasteiger partial charge in [0.05, 0.1) is 0 Å². The van der Waals surface area contributed by atoms with Gasteiger partial charge in [0, 0.05) is 6.04 Å². The summed E-state index contributed by atoms with van der Waals surface area (Å²) >= 11 is 0. The highest BCUT2D eigenvalue weighted by Gasteiger charge is 2.58. The minimum atomic E-state index is 0.518. The maximum atomic E-state index is 2.88. The third-order valence-electron chi connectivity index (χ3n) is 7.39. The Hall–Kier alpha value is -0.820. The molecule has 2 aliphatic carbocycles. The summed E-state index contributed by atoms with van der Waals surface area (Å²) in [6.45, 7) is 7.83. The maximum absolute atomic E-state index is 2.88. The smallest absolute Gasteiger partial charge is 0.0169 e. The molecule has 2 heterocycles. The Morgan fingerprint density at radius 1 is 1.00 bits per heavy atom. The van der Waals surface area contributed by atoms with E-state index in [9.17, 15) is 0 Å². The fourth-order valence-corrected chi connectivity index (χ4v) is 6.69. The van der Waals surface area contributed by atoms with E-state index in [4.69, 9.17) is 0 Å². The van der Waals surface area contributed by atoms with Crippen molar-refractivity contribution in [2.45, 2.75) is 57.4 Å². The van der Waals surface area contributed by atoms with E-state index in [0.29, 0.717) is 5.41 Å². The van der Waals surface area contributed by atoms with Crippen LogP contribution in [0.2, 0.25) is 0 Å². The van der Waals surface area contributed by atoms with Crippen LogP contribution in [0.5, 0.6) is 0 Å². The van der Waals surface area contributed by atoms with E-state index < -0.39 is 0 Å². The van der Waals surface area contributed by atoms with Crippen molar-refractivity contribution in [1.82, 2.24) is 4.90 Å². The summed E-state index contributed by atoms with van der Waals surface area (Å²) < 4.78 is 0. The number of nitrogens with zero attached hydrogens (tertiary/aromatic N) is 1. The van der Waals surface area contributed by atoms with Gasteiger partial charge in [0.15, 0.2) is 0 Å². The quantitative estimate of drug-likeness (QED) is 0.681. The van der Waals surface area contributed by atoms with Crippen LogP contribution in [0.15, 0.2) is 24.3 Å². The SMILES string of the molecule is CC1(C)CC2c3ccccc3C3CCN4CCCC1C4C32. The Morgan fingerprint density at radius 2 is 1.76 bits per heavy atom. The van der Waals surface area contributed by atoms with Gasteiger partial charge in [-0.2, -0.15) is 0 Å². The second kappa shape index (κ2) is 4.13. The predicted molar refractivity (Wildman–Crippen MR) is 86.5 cm³/mol. The van der Waals surface area contributed by atoms with Gasteiger partial charge in [-0.1, -0.05) is 38.1 Å². The van der Waals surface area contributed by atoms with E-state index in [0.717, 1.165) is 29.7 Å². The monoisotopic (exact) mass is 281 g/mol. The maximum Gasteiger partial charge on any atom is 0.0169 e. The molecule has 0 amide bonds. The Balaban J connectivity index is 1.67. The van der Waals surface area contributed by atoms with Crippen molar-refractivity contribution in [2.24, 2.45) is 17.3 Å². The van der Waals surface area contributed by atoms with Crippen LogP contribution >= 0.6 is 0 Å². The normalized spacial score (nSPS) is 43.2. The van der Waals surface area contributed by atoms with Gasteiger partial charge in [0.25, 0.3) is 0 Å². The lowest BCUT2D eigenvalue weighted by atomic mass is 9.54. The van der Waals surface area contributed by atoms with Crippen molar-refractivity contribution in [3.63, 3.8) is 0 Å². The van der Waals surface area contributed by atoms with Crippen LogP contribution in [-0.2, 0) is 0 Å². The molecule has 0 N–H and O–H groups in total. The lowest BCUT2D eigenvalue weighted by Crippen LogP contribution is -2.60. The first-order chi connectivity index (χ1) is 10.2. The molecule has 0 bridgehead atoms. The van der Waals surface area contributed by atoms with Crippen LogP contribution in [0, 0.1) is 17.3 Å². The highest BCUT2D eigenvalue weighted by molar-refractivity contribution is 5.43. The molecule has 3 fully saturated rings. The fourth-order valence-electron chi connectivity index (χ4n) is 6.69. The zero-order valence-corrected chi connectivity index (χ0v) is 13.4. The Kier molecular flexibility index (Phi) is 2.50. The van der Waals surface area contributed by atoms with Gasteiger partial charge < -0.3 is 0 Å². The molecular formula is C20H27N. The number of fused-ring (bicyclic) bond motifs is 3. The van der Waals surface area contributed by atoms with Crippen molar-refractivity contribution >= 4 is 0 Å². The van der Waals surface area contributed by atoms with Gasteiger partial charge in [-0.3, -0.25) is 4.90 Å². The lowest BCUT2D eigenvalue weighted by molar-refractivity contribution is -0.0815. The summed E-state index contributed by atoms with van der Waals surface area (Å²) in [4.78, 5) is 2.88. The number of rotatable bonds is 0. The molecule has 1 aromatic carbocycles. The van der Waals surface area contributed by atoms with Gasteiger partial charge in [-0.15, -0.1) is 0 Å². The topological polar surface area (TPSA) is 3.24 Å². The third-order valence-corrected chi connectivity index (χ3v) is 7.39. The molecule has 2 aliphatic heterocycles. The number of benzene rings is 1. The molecule has 0 radical (unpaired) electrons. The number of hydrogen-bond acceptors (Lipinski definition) is 1. The van der Waals surface area contributed by atoms with Gasteiger partial charge >= 0.3 is 0 Å². The first-order valence-electron chi connectivity index (χ1n) is 9.00. The number of hydrogen-bond donors (Lipinski definition) is 0. The van der Waals surface area contributed by atoms with Crippen molar-refractivity contribution in [1.29, 1.82) is 0 Å². The van der Waals surface area contributed by atoms with Crippen molar-refractivity contribution < 1.29 is 0 Å². The van der Waals surface area contributed by atoms with Crippen LogP contribution in [0.3, 0.4) is 0 Å². The average Bonchev–Trinajstić information content (AvgIpc) is 2.81. The highest BCUT2D eigenvalue weighted by atomic mass is 15.2. The van der Waals surface area contributed by atoms with E-state index in [1.165, 1.54) is 38.8 Å². The van der Waals surface area contributed by atoms with Crippen molar-refractivity contribution in [2.75, 3.05) is 13.1 Å². The molecular weight excluding hydrogens is 254 g/mol. The minimum Gasteiger partial charge on any atom is -0.300 e. The van der Waals surface area contributed by atoms with Gasteiger partial charge in [0.1, 0.15) is 0 Å². The van der Waals surface area contributed by atoms with Gasteiger partial charge in [0.2, 0.25) is 0 Å². The summed E-state index contributed by atoms with van der Waals surface area (Å²) in [5, 5.41) is 0. The molecule has 1 nitrogen and oxygen atoms in total. The second-order valence-electron chi connectivity index (χ2n) is 8.68. The van der Waals surface area contributed by atoms with E-state index in [2.05, 4.69) is 43.0 Å². The van der Waals surface area contributed by atoms with Gasteiger partial charge in [-0.25, -0.2) is 0 Å². The second-order valence-corrected chi connectivity index (χ2v) is 8.68. The summed E-state index contributed by atoms with van der Waals surface area (Å²) in [5.41, 5.74) is 3.95. The molecule has 112 valence electrons. The van der Waals surface area contributed by atoms with Crippen molar-refractivity contribution in [3.8, 4) is 0 Å². The van der Waals surface area contributed by atoms with E-state index >= 15 is 0 Å². The molecule has 21 heavy (non-hydrogen) atoms. The summed E-state index contributed by atoms with van der Waals surface area (Å²) in [6, 6.07) is 10.3. The molecule has 0 spiro atoms.